The Morgan fingerprint density at radius 2 is 0.721 bits per heavy atom. The lowest BCUT2D eigenvalue weighted by molar-refractivity contribution is 0.669. The predicted molar refractivity (Wildman–Crippen MR) is 257 cm³/mol. The normalized spacial score (nSPS) is 11.3. The molecular weight excluding hydrogens is 741 g/mol. The summed E-state index contributed by atoms with van der Waals surface area (Å²) in [6.45, 7) is 0. The van der Waals surface area contributed by atoms with E-state index in [1.165, 1.54) is 11.1 Å². The molecule has 0 saturated heterocycles. The topological polar surface area (TPSA) is 19.6 Å². The van der Waals surface area contributed by atoms with Crippen LogP contribution in [0.5, 0.6) is 0 Å². The van der Waals surface area contributed by atoms with Gasteiger partial charge in [0.2, 0.25) is 0 Å². The van der Waals surface area contributed by atoms with E-state index in [2.05, 4.69) is 252 Å². The molecule has 11 rings (SSSR count). The minimum absolute atomic E-state index is 0.823. The zero-order valence-electron chi connectivity index (χ0n) is 33.4. The molecule has 11 aromatic rings. The maximum atomic E-state index is 6.84. The Kier molecular flexibility index (Phi) is 9.18. The van der Waals surface area contributed by atoms with Gasteiger partial charge in [0.1, 0.15) is 11.2 Å². The molecule has 0 aliphatic rings. The number of fused-ring (bicyclic) bond motifs is 4. The Bertz CT molecular complexity index is 3270. The highest BCUT2D eigenvalue weighted by Gasteiger charge is 2.28. The van der Waals surface area contributed by atoms with Crippen molar-refractivity contribution in [2.45, 2.75) is 0 Å². The molecule has 3 heteroatoms. The summed E-state index contributed by atoms with van der Waals surface area (Å²) in [5.41, 5.74) is 14.8. The molecule has 0 atom stereocenters. The van der Waals surface area contributed by atoms with Gasteiger partial charge in [-0.25, -0.2) is 0 Å². The van der Waals surface area contributed by atoms with Crippen LogP contribution < -0.4 is 9.80 Å². The van der Waals surface area contributed by atoms with Gasteiger partial charge >= 0.3 is 0 Å². The van der Waals surface area contributed by atoms with Crippen molar-refractivity contribution in [2.24, 2.45) is 0 Å². The van der Waals surface area contributed by atoms with Crippen molar-refractivity contribution in [3.05, 3.63) is 243 Å². The number of hydrogen-bond acceptors (Lipinski definition) is 3. The van der Waals surface area contributed by atoms with Gasteiger partial charge in [-0.15, -0.1) is 0 Å². The summed E-state index contributed by atoms with van der Waals surface area (Å²) in [6.07, 6.45) is 0. The number of furan rings is 1. The second-order valence-electron chi connectivity index (χ2n) is 15.4. The fourth-order valence-corrected chi connectivity index (χ4v) is 8.67. The molecule has 10 aromatic carbocycles. The molecule has 0 fully saturated rings. The summed E-state index contributed by atoms with van der Waals surface area (Å²) in [5.74, 6) is 0. The van der Waals surface area contributed by atoms with Gasteiger partial charge in [-0.2, -0.15) is 0 Å². The van der Waals surface area contributed by atoms with Crippen LogP contribution in [-0.2, 0) is 0 Å². The molecule has 0 spiro atoms. The van der Waals surface area contributed by atoms with Crippen LogP contribution >= 0.6 is 0 Å². The second-order valence-corrected chi connectivity index (χ2v) is 15.4. The molecular formula is C58H40N2O. The fraction of sp³-hybridized carbons (Fsp3) is 0. The van der Waals surface area contributed by atoms with Crippen molar-refractivity contribution in [1.29, 1.82) is 0 Å². The van der Waals surface area contributed by atoms with Crippen LogP contribution in [-0.4, -0.2) is 0 Å². The summed E-state index contributed by atoms with van der Waals surface area (Å²) in [6, 6.07) is 86.6. The first kappa shape index (κ1) is 36.0. The van der Waals surface area contributed by atoms with E-state index in [9.17, 15) is 0 Å². The van der Waals surface area contributed by atoms with Gasteiger partial charge in [-0.1, -0.05) is 170 Å². The van der Waals surface area contributed by atoms with Crippen LogP contribution in [0.1, 0.15) is 0 Å². The average Bonchev–Trinajstić information content (AvgIpc) is 3.70. The van der Waals surface area contributed by atoms with Gasteiger partial charge in [-0.3, -0.25) is 0 Å². The third-order valence-electron chi connectivity index (χ3n) is 11.6. The molecule has 0 aliphatic carbocycles. The number of rotatable bonds is 9. The highest BCUT2D eigenvalue weighted by Crippen LogP contribution is 2.52. The van der Waals surface area contributed by atoms with Crippen LogP contribution in [0.4, 0.5) is 34.1 Å². The quantitative estimate of drug-likeness (QED) is 0.145. The number of anilines is 6. The van der Waals surface area contributed by atoms with E-state index in [0.717, 1.165) is 89.1 Å². The third-order valence-corrected chi connectivity index (χ3v) is 11.6. The molecule has 3 nitrogen and oxygen atoms in total. The fourth-order valence-electron chi connectivity index (χ4n) is 8.67. The molecule has 0 bridgehead atoms. The monoisotopic (exact) mass is 780 g/mol. The lowest BCUT2D eigenvalue weighted by atomic mass is 10.00. The highest BCUT2D eigenvalue weighted by molar-refractivity contribution is 6.19. The van der Waals surface area contributed by atoms with Crippen LogP contribution in [0.3, 0.4) is 0 Å². The van der Waals surface area contributed by atoms with E-state index in [1.807, 2.05) is 0 Å². The largest absolute Gasteiger partial charge is 0.456 e. The number of benzene rings is 10. The maximum Gasteiger partial charge on any atom is 0.137 e. The predicted octanol–water partition coefficient (Wildman–Crippen LogP) is 16.7. The van der Waals surface area contributed by atoms with Crippen molar-refractivity contribution in [2.75, 3.05) is 9.80 Å². The van der Waals surface area contributed by atoms with E-state index in [0.29, 0.717) is 0 Å². The van der Waals surface area contributed by atoms with Gasteiger partial charge in [0.05, 0.1) is 16.8 Å². The number of para-hydroxylation sites is 1. The first-order chi connectivity index (χ1) is 30.2. The Balaban J connectivity index is 1.21. The van der Waals surface area contributed by atoms with Crippen LogP contribution in [0.25, 0.3) is 66.1 Å². The minimum Gasteiger partial charge on any atom is -0.456 e. The highest BCUT2D eigenvalue weighted by atomic mass is 16.3. The first-order valence-corrected chi connectivity index (χ1v) is 20.7. The van der Waals surface area contributed by atoms with E-state index in [1.54, 1.807) is 0 Å². The molecule has 0 unspecified atom stereocenters. The molecule has 0 N–H and O–H groups in total. The SMILES string of the molecule is c1ccc(-c2ccc(N(c3cccc(-c4ccccc4)c3)c3ccc4oc5cc6ccccc6cc5c4c3N(c3ccccc3)c3ccc(-c4ccccc4)cc3)cc2)cc1. The van der Waals surface area contributed by atoms with Crippen molar-refractivity contribution in [3.63, 3.8) is 0 Å². The maximum absolute atomic E-state index is 6.84. The van der Waals surface area contributed by atoms with Gasteiger partial charge in [0.15, 0.2) is 0 Å². The van der Waals surface area contributed by atoms with Gasteiger partial charge in [0.25, 0.3) is 0 Å². The van der Waals surface area contributed by atoms with E-state index >= 15 is 0 Å². The van der Waals surface area contributed by atoms with Gasteiger partial charge in [0, 0.05) is 28.1 Å². The molecule has 1 aromatic heterocycles. The third kappa shape index (κ3) is 6.78. The smallest absolute Gasteiger partial charge is 0.137 e. The molecule has 0 radical (unpaired) electrons. The molecule has 0 saturated carbocycles. The standard InChI is InChI=1S/C58H40N2O/c1-5-16-41(17-6-1)44-28-32-50(33-29-44)59(52-27-15-24-46(38-52)43-20-9-3-10-21-43)54-36-37-55-57(53-39-47-22-13-14-23-48(47)40-56(53)61-55)58(54)60(49-25-11-4-12-26-49)51-34-30-45(31-35-51)42-18-7-2-8-19-42/h1-40H. The van der Waals surface area contributed by atoms with Crippen molar-refractivity contribution in [1.82, 2.24) is 0 Å². The lowest BCUT2D eigenvalue weighted by Gasteiger charge is -2.34. The van der Waals surface area contributed by atoms with E-state index in [-0.39, 0.29) is 0 Å². The van der Waals surface area contributed by atoms with Crippen LogP contribution in [0, 0.1) is 0 Å². The molecule has 0 amide bonds. The average molecular weight is 781 g/mol. The Morgan fingerprint density at radius 3 is 1.31 bits per heavy atom. The van der Waals surface area contributed by atoms with Crippen molar-refractivity contribution in [3.8, 4) is 33.4 Å². The molecule has 1 heterocycles. The zero-order valence-corrected chi connectivity index (χ0v) is 33.4. The van der Waals surface area contributed by atoms with Crippen molar-refractivity contribution >= 4 is 66.8 Å². The molecule has 61 heavy (non-hydrogen) atoms. The number of hydrogen-bond donors (Lipinski definition) is 0. The number of nitrogens with zero attached hydrogens (tertiary/aromatic N) is 2. The first-order valence-electron chi connectivity index (χ1n) is 20.7. The minimum atomic E-state index is 0.823. The second kappa shape index (κ2) is 15.6. The Labute approximate surface area is 355 Å². The Morgan fingerprint density at radius 1 is 0.279 bits per heavy atom. The summed E-state index contributed by atoms with van der Waals surface area (Å²) in [5, 5.41) is 4.41. The summed E-state index contributed by atoms with van der Waals surface area (Å²) in [4.78, 5) is 4.81. The summed E-state index contributed by atoms with van der Waals surface area (Å²) < 4.78 is 6.84. The van der Waals surface area contributed by atoms with Crippen LogP contribution in [0.2, 0.25) is 0 Å². The van der Waals surface area contributed by atoms with E-state index < -0.39 is 0 Å². The molecule has 0 aliphatic heterocycles. The zero-order chi connectivity index (χ0) is 40.5. The summed E-state index contributed by atoms with van der Waals surface area (Å²) in [7, 11) is 0. The van der Waals surface area contributed by atoms with Gasteiger partial charge in [-0.05, 0) is 117 Å². The van der Waals surface area contributed by atoms with Crippen LogP contribution in [0.15, 0.2) is 247 Å². The van der Waals surface area contributed by atoms with Gasteiger partial charge < -0.3 is 14.2 Å². The van der Waals surface area contributed by atoms with E-state index in [4.69, 9.17) is 4.42 Å². The van der Waals surface area contributed by atoms with Crippen molar-refractivity contribution < 1.29 is 4.42 Å². The molecule has 288 valence electrons. The summed E-state index contributed by atoms with van der Waals surface area (Å²) >= 11 is 0. The Hall–Kier alpha value is -8.14. The lowest BCUT2D eigenvalue weighted by Crippen LogP contribution is -2.17.